The molecule has 0 aliphatic carbocycles. The molecule has 62 valence electrons. The van der Waals surface area contributed by atoms with E-state index in [4.69, 9.17) is 5.26 Å². The SMILES string of the molecule is Cc1ccc(CC#N)c(Br)c1O. The second kappa shape index (κ2) is 3.59. The van der Waals surface area contributed by atoms with Crippen LogP contribution in [0.4, 0.5) is 0 Å². The fourth-order valence-corrected chi connectivity index (χ4v) is 1.51. The van der Waals surface area contributed by atoms with Crippen LogP contribution >= 0.6 is 15.9 Å². The zero-order valence-electron chi connectivity index (χ0n) is 6.63. The van der Waals surface area contributed by atoms with E-state index in [-0.39, 0.29) is 5.75 Å². The fraction of sp³-hybridized carbons (Fsp3) is 0.222. The van der Waals surface area contributed by atoms with E-state index in [2.05, 4.69) is 15.9 Å². The summed E-state index contributed by atoms with van der Waals surface area (Å²) in [5, 5.41) is 17.9. The predicted octanol–water partition coefficient (Wildman–Crippen LogP) is 2.53. The van der Waals surface area contributed by atoms with Crippen molar-refractivity contribution >= 4 is 15.9 Å². The highest BCUT2D eigenvalue weighted by Crippen LogP contribution is 2.30. The smallest absolute Gasteiger partial charge is 0.132 e. The van der Waals surface area contributed by atoms with Crippen molar-refractivity contribution in [1.29, 1.82) is 5.26 Å². The number of rotatable bonds is 1. The van der Waals surface area contributed by atoms with Crippen molar-refractivity contribution in [1.82, 2.24) is 0 Å². The molecule has 0 spiro atoms. The maximum Gasteiger partial charge on any atom is 0.132 e. The van der Waals surface area contributed by atoms with Gasteiger partial charge in [0.1, 0.15) is 5.75 Å². The minimum absolute atomic E-state index is 0.225. The van der Waals surface area contributed by atoms with E-state index in [1.165, 1.54) is 0 Å². The molecule has 0 fully saturated rings. The molecule has 1 aromatic carbocycles. The van der Waals surface area contributed by atoms with Crippen LogP contribution in [-0.4, -0.2) is 5.11 Å². The van der Waals surface area contributed by atoms with Gasteiger partial charge >= 0.3 is 0 Å². The lowest BCUT2D eigenvalue weighted by Crippen LogP contribution is -1.86. The van der Waals surface area contributed by atoms with Crippen LogP contribution in [0.2, 0.25) is 0 Å². The molecule has 0 aromatic heterocycles. The monoisotopic (exact) mass is 225 g/mol. The predicted molar refractivity (Wildman–Crippen MR) is 49.9 cm³/mol. The molecule has 1 rings (SSSR count). The van der Waals surface area contributed by atoms with Crippen LogP contribution in [0, 0.1) is 18.3 Å². The summed E-state index contributed by atoms with van der Waals surface area (Å²) in [6.45, 7) is 1.82. The highest BCUT2D eigenvalue weighted by molar-refractivity contribution is 9.10. The highest BCUT2D eigenvalue weighted by Gasteiger charge is 2.06. The molecule has 0 atom stereocenters. The summed E-state index contributed by atoms with van der Waals surface area (Å²) >= 11 is 3.23. The number of nitrogens with zero attached hydrogens (tertiary/aromatic N) is 1. The minimum atomic E-state index is 0.225. The number of phenols is 1. The Labute approximate surface area is 79.6 Å². The summed E-state index contributed by atoms with van der Waals surface area (Å²) in [5.41, 5.74) is 1.63. The molecule has 3 heteroatoms. The molecule has 0 unspecified atom stereocenters. The number of aromatic hydroxyl groups is 1. The van der Waals surface area contributed by atoms with E-state index < -0.39 is 0 Å². The van der Waals surface area contributed by atoms with Gasteiger partial charge in [-0.15, -0.1) is 0 Å². The van der Waals surface area contributed by atoms with Crippen LogP contribution in [-0.2, 0) is 6.42 Å². The van der Waals surface area contributed by atoms with Crippen LogP contribution in [0.3, 0.4) is 0 Å². The van der Waals surface area contributed by atoms with Gasteiger partial charge in [-0.3, -0.25) is 0 Å². The van der Waals surface area contributed by atoms with Gasteiger partial charge in [0.25, 0.3) is 0 Å². The van der Waals surface area contributed by atoms with Crippen molar-refractivity contribution < 1.29 is 5.11 Å². The molecule has 0 bridgehead atoms. The Morgan fingerprint density at radius 3 is 2.83 bits per heavy atom. The summed E-state index contributed by atoms with van der Waals surface area (Å²) in [4.78, 5) is 0. The first-order chi connectivity index (χ1) is 5.66. The molecular weight excluding hydrogens is 218 g/mol. The largest absolute Gasteiger partial charge is 0.506 e. The zero-order chi connectivity index (χ0) is 9.14. The number of benzene rings is 1. The quantitative estimate of drug-likeness (QED) is 0.799. The third-order valence-electron chi connectivity index (χ3n) is 1.67. The maximum atomic E-state index is 9.46. The third-order valence-corrected chi connectivity index (χ3v) is 2.55. The molecule has 0 saturated carbocycles. The summed E-state index contributed by atoms with van der Waals surface area (Å²) in [5.74, 6) is 0.225. The Morgan fingerprint density at radius 1 is 1.58 bits per heavy atom. The van der Waals surface area contributed by atoms with Gasteiger partial charge < -0.3 is 5.11 Å². The second-order valence-corrected chi connectivity index (χ2v) is 3.33. The molecular formula is C9H8BrNO. The van der Waals surface area contributed by atoms with Crippen LogP contribution in [0.5, 0.6) is 5.75 Å². The molecule has 1 aromatic rings. The first kappa shape index (κ1) is 9.08. The Kier molecular flexibility index (Phi) is 2.72. The first-order valence-electron chi connectivity index (χ1n) is 3.50. The van der Waals surface area contributed by atoms with Gasteiger partial charge in [0.15, 0.2) is 0 Å². The van der Waals surface area contributed by atoms with Crippen molar-refractivity contribution in [2.24, 2.45) is 0 Å². The lowest BCUT2D eigenvalue weighted by molar-refractivity contribution is 0.467. The fourth-order valence-electron chi connectivity index (χ4n) is 0.925. The number of halogens is 1. The molecule has 0 amide bonds. The lowest BCUT2D eigenvalue weighted by atomic mass is 10.1. The van der Waals surface area contributed by atoms with E-state index in [1.54, 1.807) is 6.07 Å². The van der Waals surface area contributed by atoms with Crippen LogP contribution in [0.15, 0.2) is 16.6 Å². The van der Waals surface area contributed by atoms with Crippen molar-refractivity contribution in [3.8, 4) is 11.8 Å². The number of hydrogen-bond acceptors (Lipinski definition) is 2. The van der Waals surface area contributed by atoms with E-state index in [0.29, 0.717) is 10.9 Å². The van der Waals surface area contributed by atoms with Crippen LogP contribution in [0.25, 0.3) is 0 Å². The van der Waals surface area contributed by atoms with E-state index in [0.717, 1.165) is 11.1 Å². The molecule has 0 aliphatic rings. The topological polar surface area (TPSA) is 44.0 Å². The van der Waals surface area contributed by atoms with Gasteiger partial charge in [0, 0.05) is 0 Å². The molecule has 1 N–H and O–H groups in total. The van der Waals surface area contributed by atoms with Crippen molar-refractivity contribution in [2.45, 2.75) is 13.3 Å². The number of hydrogen-bond donors (Lipinski definition) is 1. The Balaban J connectivity index is 3.19. The van der Waals surface area contributed by atoms with Gasteiger partial charge in [-0.2, -0.15) is 5.26 Å². The molecule has 0 aliphatic heterocycles. The van der Waals surface area contributed by atoms with E-state index in [9.17, 15) is 5.11 Å². The Morgan fingerprint density at radius 2 is 2.25 bits per heavy atom. The average molecular weight is 226 g/mol. The molecule has 0 radical (unpaired) electrons. The van der Waals surface area contributed by atoms with Gasteiger partial charge in [0.05, 0.1) is 17.0 Å². The zero-order valence-corrected chi connectivity index (χ0v) is 8.22. The Hall–Kier alpha value is -1.01. The van der Waals surface area contributed by atoms with E-state index >= 15 is 0 Å². The lowest BCUT2D eigenvalue weighted by Gasteiger charge is -2.04. The first-order valence-corrected chi connectivity index (χ1v) is 4.30. The number of aryl methyl sites for hydroxylation is 1. The van der Waals surface area contributed by atoms with Crippen LogP contribution < -0.4 is 0 Å². The summed E-state index contributed by atoms with van der Waals surface area (Å²) in [6, 6.07) is 5.66. The van der Waals surface area contributed by atoms with Crippen molar-refractivity contribution in [2.75, 3.05) is 0 Å². The van der Waals surface area contributed by atoms with Gasteiger partial charge in [-0.05, 0) is 34.0 Å². The molecule has 0 heterocycles. The van der Waals surface area contributed by atoms with Crippen molar-refractivity contribution in [3.05, 3.63) is 27.7 Å². The average Bonchev–Trinajstić information content (AvgIpc) is 2.07. The standard InChI is InChI=1S/C9H8BrNO/c1-6-2-3-7(4-5-11)8(10)9(6)12/h2-3,12H,4H2,1H3. The highest BCUT2D eigenvalue weighted by atomic mass is 79.9. The second-order valence-electron chi connectivity index (χ2n) is 2.54. The summed E-state index contributed by atoms with van der Waals surface area (Å²) < 4.78 is 0.629. The number of phenolic OH excluding ortho intramolecular Hbond substituents is 1. The minimum Gasteiger partial charge on any atom is -0.506 e. The molecule has 12 heavy (non-hydrogen) atoms. The maximum absolute atomic E-state index is 9.46. The van der Waals surface area contributed by atoms with Gasteiger partial charge in [0.2, 0.25) is 0 Å². The summed E-state index contributed by atoms with van der Waals surface area (Å²) in [7, 11) is 0. The number of nitriles is 1. The van der Waals surface area contributed by atoms with E-state index in [1.807, 2.05) is 19.1 Å². The summed E-state index contributed by atoms with van der Waals surface area (Å²) in [6.07, 6.45) is 0.314. The molecule has 2 nitrogen and oxygen atoms in total. The van der Waals surface area contributed by atoms with Crippen molar-refractivity contribution in [3.63, 3.8) is 0 Å². The normalized spacial score (nSPS) is 9.42. The Bertz CT molecular complexity index is 341. The van der Waals surface area contributed by atoms with Crippen LogP contribution in [0.1, 0.15) is 11.1 Å². The molecule has 0 saturated heterocycles. The van der Waals surface area contributed by atoms with Gasteiger partial charge in [-0.25, -0.2) is 0 Å². The van der Waals surface area contributed by atoms with Gasteiger partial charge in [-0.1, -0.05) is 12.1 Å². The third kappa shape index (κ3) is 1.59.